The minimum absolute atomic E-state index is 0.757. The van der Waals surface area contributed by atoms with Gasteiger partial charge < -0.3 is 0 Å². The normalized spacial score (nSPS) is 12.7. The minimum Gasteiger partial charge on any atom is -0.159 e. The van der Waals surface area contributed by atoms with Crippen molar-refractivity contribution in [2.24, 2.45) is 0 Å². The van der Waals surface area contributed by atoms with Crippen LogP contribution in [0.5, 0.6) is 0 Å². The molecule has 0 aromatic carbocycles. The molecule has 0 aliphatic heterocycles. The molecular formula is C13H22S. The molecule has 0 spiro atoms. The second-order valence-electron chi connectivity index (χ2n) is 3.48. The van der Waals surface area contributed by atoms with Gasteiger partial charge in [-0.25, -0.2) is 0 Å². The molecule has 14 heavy (non-hydrogen) atoms. The lowest BCUT2D eigenvalue weighted by molar-refractivity contribution is 0.930. The van der Waals surface area contributed by atoms with Crippen LogP contribution in [-0.4, -0.2) is 11.0 Å². The van der Waals surface area contributed by atoms with Gasteiger partial charge in [0.25, 0.3) is 0 Å². The number of rotatable bonds is 7. The first kappa shape index (κ1) is 13.6. The quantitative estimate of drug-likeness (QED) is 0.437. The lowest BCUT2D eigenvalue weighted by Crippen LogP contribution is -1.90. The third-order valence-corrected chi connectivity index (χ3v) is 3.07. The number of hydrogen-bond acceptors (Lipinski definition) is 1. The molecule has 0 aliphatic carbocycles. The fourth-order valence-corrected chi connectivity index (χ4v) is 1.89. The van der Waals surface area contributed by atoms with E-state index in [9.17, 15) is 0 Å². The van der Waals surface area contributed by atoms with E-state index in [4.69, 9.17) is 0 Å². The first-order valence-corrected chi connectivity index (χ1v) is 6.31. The van der Waals surface area contributed by atoms with Crippen LogP contribution in [0.1, 0.15) is 33.6 Å². The average Bonchev–Trinajstić information content (AvgIpc) is 2.16. The topological polar surface area (TPSA) is 0 Å². The summed E-state index contributed by atoms with van der Waals surface area (Å²) >= 11 is 2.04. The highest BCUT2D eigenvalue weighted by molar-refractivity contribution is 7.99. The van der Waals surface area contributed by atoms with Crippen molar-refractivity contribution in [3.05, 3.63) is 36.5 Å². The van der Waals surface area contributed by atoms with Crippen molar-refractivity contribution < 1.29 is 0 Å². The molecule has 0 aromatic rings. The third kappa shape index (κ3) is 8.18. The molecular weight excluding hydrogens is 188 g/mol. The number of thioether (sulfide) groups is 1. The summed E-state index contributed by atoms with van der Waals surface area (Å²) in [5.41, 5.74) is 1.41. The highest BCUT2D eigenvalue weighted by Gasteiger charge is 1.95. The zero-order valence-corrected chi connectivity index (χ0v) is 10.4. The Morgan fingerprint density at radius 3 is 2.64 bits per heavy atom. The van der Waals surface area contributed by atoms with Gasteiger partial charge in [-0.3, -0.25) is 0 Å². The lowest BCUT2D eigenvalue weighted by atomic mass is 10.1. The maximum atomic E-state index is 3.67. The highest BCUT2D eigenvalue weighted by atomic mass is 32.2. The Labute approximate surface area is 93.2 Å². The summed E-state index contributed by atoms with van der Waals surface area (Å²) < 4.78 is 0. The van der Waals surface area contributed by atoms with Crippen molar-refractivity contribution in [3.63, 3.8) is 0 Å². The SMILES string of the molecule is C=C/C=C\C(=C/C)CCCSC(C)C. The Kier molecular flexibility index (Phi) is 8.86. The van der Waals surface area contributed by atoms with Gasteiger partial charge in [0.15, 0.2) is 0 Å². The smallest absolute Gasteiger partial charge is 0.000968 e. The van der Waals surface area contributed by atoms with Crippen LogP contribution in [-0.2, 0) is 0 Å². The first-order valence-electron chi connectivity index (χ1n) is 5.26. The van der Waals surface area contributed by atoms with Crippen molar-refractivity contribution in [2.75, 3.05) is 5.75 Å². The summed E-state index contributed by atoms with van der Waals surface area (Å²) in [6.07, 6.45) is 10.6. The van der Waals surface area contributed by atoms with Crippen LogP contribution in [0.25, 0.3) is 0 Å². The molecule has 0 aliphatic rings. The second kappa shape index (κ2) is 9.14. The van der Waals surface area contributed by atoms with E-state index in [0.29, 0.717) is 0 Å². The van der Waals surface area contributed by atoms with Gasteiger partial charge in [0.2, 0.25) is 0 Å². The minimum atomic E-state index is 0.757. The van der Waals surface area contributed by atoms with Crippen LogP contribution in [0, 0.1) is 0 Å². The summed E-state index contributed by atoms with van der Waals surface area (Å²) in [6.45, 7) is 10.3. The Balaban J connectivity index is 3.64. The van der Waals surface area contributed by atoms with E-state index >= 15 is 0 Å². The molecule has 0 fully saturated rings. The zero-order chi connectivity index (χ0) is 10.8. The largest absolute Gasteiger partial charge is 0.159 e. The average molecular weight is 210 g/mol. The Bertz CT molecular complexity index is 199. The van der Waals surface area contributed by atoms with Gasteiger partial charge in [0.05, 0.1) is 0 Å². The van der Waals surface area contributed by atoms with Crippen molar-refractivity contribution in [1.82, 2.24) is 0 Å². The molecule has 0 radical (unpaired) electrons. The Morgan fingerprint density at radius 2 is 2.14 bits per heavy atom. The van der Waals surface area contributed by atoms with Gasteiger partial charge in [-0.1, -0.05) is 50.3 Å². The van der Waals surface area contributed by atoms with E-state index in [2.05, 4.69) is 39.5 Å². The lowest BCUT2D eigenvalue weighted by Gasteiger charge is -2.04. The van der Waals surface area contributed by atoms with Crippen molar-refractivity contribution in [1.29, 1.82) is 0 Å². The van der Waals surface area contributed by atoms with Gasteiger partial charge in [0, 0.05) is 0 Å². The van der Waals surface area contributed by atoms with Gasteiger partial charge in [-0.05, 0) is 30.8 Å². The summed E-state index contributed by atoms with van der Waals surface area (Å²) in [6, 6.07) is 0. The maximum Gasteiger partial charge on any atom is -0.000968 e. The maximum absolute atomic E-state index is 3.67. The molecule has 0 unspecified atom stereocenters. The third-order valence-electron chi connectivity index (χ3n) is 1.88. The van der Waals surface area contributed by atoms with E-state index in [1.165, 1.54) is 24.2 Å². The zero-order valence-electron chi connectivity index (χ0n) is 9.62. The Hall–Kier alpha value is -0.430. The molecule has 0 saturated heterocycles. The van der Waals surface area contributed by atoms with Crippen LogP contribution in [0.3, 0.4) is 0 Å². The van der Waals surface area contributed by atoms with Crippen LogP contribution in [0.4, 0.5) is 0 Å². The standard InChI is InChI=1S/C13H22S/c1-5-7-9-13(6-2)10-8-11-14-12(3)4/h5-7,9,12H,1,8,10-11H2,2-4H3/b9-7-,13-6+. The predicted octanol–water partition coefficient (Wildman–Crippen LogP) is 4.60. The fourth-order valence-electron chi connectivity index (χ4n) is 1.11. The number of allylic oxidation sites excluding steroid dienone is 5. The Morgan fingerprint density at radius 1 is 1.43 bits per heavy atom. The molecule has 0 N–H and O–H groups in total. The van der Waals surface area contributed by atoms with Gasteiger partial charge in [-0.15, -0.1) is 0 Å². The van der Waals surface area contributed by atoms with Crippen molar-refractivity contribution >= 4 is 11.8 Å². The van der Waals surface area contributed by atoms with Crippen molar-refractivity contribution in [3.8, 4) is 0 Å². The van der Waals surface area contributed by atoms with Crippen LogP contribution < -0.4 is 0 Å². The van der Waals surface area contributed by atoms with E-state index in [1.54, 1.807) is 0 Å². The van der Waals surface area contributed by atoms with Crippen LogP contribution in [0.15, 0.2) is 36.5 Å². The van der Waals surface area contributed by atoms with Gasteiger partial charge in [0.1, 0.15) is 0 Å². The molecule has 0 atom stereocenters. The van der Waals surface area contributed by atoms with E-state index in [-0.39, 0.29) is 0 Å². The second-order valence-corrected chi connectivity index (χ2v) is 5.17. The molecule has 0 rings (SSSR count). The molecule has 0 saturated carbocycles. The van der Waals surface area contributed by atoms with Crippen molar-refractivity contribution in [2.45, 2.75) is 38.9 Å². The summed E-state index contributed by atoms with van der Waals surface area (Å²) in [7, 11) is 0. The molecule has 80 valence electrons. The number of hydrogen-bond donors (Lipinski definition) is 0. The van der Waals surface area contributed by atoms with Crippen LogP contribution >= 0.6 is 11.8 Å². The molecule has 0 heterocycles. The molecule has 0 amide bonds. The molecule has 0 aromatic heterocycles. The highest BCUT2D eigenvalue weighted by Crippen LogP contribution is 2.14. The van der Waals surface area contributed by atoms with E-state index < -0.39 is 0 Å². The predicted molar refractivity (Wildman–Crippen MR) is 69.9 cm³/mol. The monoisotopic (exact) mass is 210 g/mol. The first-order chi connectivity index (χ1) is 6.70. The van der Waals surface area contributed by atoms with E-state index in [1.807, 2.05) is 23.9 Å². The summed E-state index contributed by atoms with van der Waals surface area (Å²) in [4.78, 5) is 0. The fraction of sp³-hybridized carbons (Fsp3) is 0.538. The van der Waals surface area contributed by atoms with Crippen LogP contribution in [0.2, 0.25) is 0 Å². The summed E-state index contributed by atoms with van der Waals surface area (Å²) in [5.74, 6) is 1.26. The van der Waals surface area contributed by atoms with Gasteiger partial charge in [-0.2, -0.15) is 11.8 Å². The van der Waals surface area contributed by atoms with Gasteiger partial charge >= 0.3 is 0 Å². The molecule has 1 heteroatoms. The summed E-state index contributed by atoms with van der Waals surface area (Å²) in [5, 5.41) is 0.757. The molecule has 0 nitrogen and oxygen atoms in total. The van der Waals surface area contributed by atoms with E-state index in [0.717, 1.165) is 5.25 Å². The molecule has 0 bridgehead atoms.